The molecule has 0 unspecified atom stereocenters. The second kappa shape index (κ2) is 8.68. The summed E-state index contributed by atoms with van der Waals surface area (Å²) >= 11 is 1.47. The maximum absolute atomic E-state index is 13.1. The molecule has 0 radical (unpaired) electrons. The molecule has 0 aromatic heterocycles. The molecule has 0 aliphatic carbocycles. The van der Waals surface area contributed by atoms with Crippen LogP contribution in [0.3, 0.4) is 0 Å². The standard InChI is InChI=1S/C22H20FNOS/c1-16-19(9-6-10-21(16)17-7-4-3-5-8-17)15-25-24-22(26-2)18-11-13-20(23)14-12-18/h3-14H,15H2,1-2H3/b24-22-. The monoisotopic (exact) mass is 365 g/mol. The van der Waals surface area contributed by atoms with Gasteiger partial charge in [0.1, 0.15) is 17.5 Å². The smallest absolute Gasteiger partial charge is 0.142 e. The summed E-state index contributed by atoms with van der Waals surface area (Å²) in [4.78, 5) is 5.60. The number of halogens is 1. The minimum atomic E-state index is -0.261. The fourth-order valence-electron chi connectivity index (χ4n) is 2.73. The molecular formula is C22H20FNOS. The van der Waals surface area contributed by atoms with Gasteiger partial charge in [-0.15, -0.1) is 11.8 Å². The van der Waals surface area contributed by atoms with Crippen molar-refractivity contribution in [2.45, 2.75) is 13.5 Å². The van der Waals surface area contributed by atoms with Crippen molar-refractivity contribution >= 4 is 16.8 Å². The van der Waals surface area contributed by atoms with Gasteiger partial charge in [-0.2, -0.15) is 0 Å². The van der Waals surface area contributed by atoms with Crippen molar-refractivity contribution in [1.82, 2.24) is 0 Å². The SMILES string of the molecule is CS/C(=N\OCc1cccc(-c2ccccc2)c1C)c1ccc(F)cc1. The lowest BCUT2D eigenvalue weighted by Crippen LogP contribution is -1.99. The average molecular weight is 365 g/mol. The van der Waals surface area contributed by atoms with E-state index in [0.29, 0.717) is 6.61 Å². The number of hydrogen-bond donors (Lipinski definition) is 0. The number of hydrogen-bond acceptors (Lipinski definition) is 3. The number of thioether (sulfide) groups is 1. The van der Waals surface area contributed by atoms with E-state index in [9.17, 15) is 4.39 Å². The van der Waals surface area contributed by atoms with E-state index in [1.54, 1.807) is 12.1 Å². The molecule has 3 aromatic carbocycles. The van der Waals surface area contributed by atoms with E-state index in [4.69, 9.17) is 4.84 Å². The fraction of sp³-hybridized carbons (Fsp3) is 0.136. The molecule has 0 saturated heterocycles. The summed E-state index contributed by atoms with van der Waals surface area (Å²) in [6.07, 6.45) is 1.92. The van der Waals surface area contributed by atoms with Crippen molar-refractivity contribution in [3.63, 3.8) is 0 Å². The molecule has 3 rings (SSSR count). The van der Waals surface area contributed by atoms with Gasteiger partial charge in [0.25, 0.3) is 0 Å². The number of benzene rings is 3. The zero-order valence-corrected chi connectivity index (χ0v) is 15.6. The van der Waals surface area contributed by atoms with Gasteiger partial charge in [-0.1, -0.05) is 53.7 Å². The largest absolute Gasteiger partial charge is 0.390 e. The Morgan fingerprint density at radius 3 is 2.38 bits per heavy atom. The molecule has 2 nitrogen and oxygen atoms in total. The third kappa shape index (κ3) is 4.33. The highest BCUT2D eigenvalue weighted by molar-refractivity contribution is 8.13. The van der Waals surface area contributed by atoms with E-state index in [0.717, 1.165) is 16.2 Å². The summed E-state index contributed by atoms with van der Waals surface area (Å²) in [5.74, 6) is -0.261. The molecule has 0 aliphatic heterocycles. The first kappa shape index (κ1) is 18.2. The highest BCUT2D eigenvalue weighted by Crippen LogP contribution is 2.26. The summed E-state index contributed by atoms with van der Waals surface area (Å²) in [5, 5.41) is 4.96. The van der Waals surface area contributed by atoms with E-state index in [1.807, 2.05) is 36.6 Å². The summed E-state index contributed by atoms with van der Waals surface area (Å²) in [7, 11) is 0. The quantitative estimate of drug-likeness (QED) is 0.312. The summed E-state index contributed by atoms with van der Waals surface area (Å²) in [5.41, 5.74) is 5.50. The second-order valence-corrected chi connectivity index (χ2v) is 6.63. The molecule has 0 heterocycles. The topological polar surface area (TPSA) is 21.6 Å². The van der Waals surface area contributed by atoms with Crippen LogP contribution in [0.1, 0.15) is 16.7 Å². The molecule has 0 aliphatic rings. The van der Waals surface area contributed by atoms with Gasteiger partial charge in [0.05, 0.1) is 0 Å². The van der Waals surface area contributed by atoms with Crippen molar-refractivity contribution < 1.29 is 9.23 Å². The Morgan fingerprint density at radius 1 is 0.962 bits per heavy atom. The first-order valence-corrected chi connectivity index (χ1v) is 9.55. The third-order valence-corrected chi connectivity index (χ3v) is 4.88. The minimum Gasteiger partial charge on any atom is -0.390 e. The number of rotatable bonds is 5. The molecular weight excluding hydrogens is 345 g/mol. The second-order valence-electron chi connectivity index (χ2n) is 5.84. The van der Waals surface area contributed by atoms with Gasteiger partial charge in [-0.25, -0.2) is 4.39 Å². The van der Waals surface area contributed by atoms with Crippen molar-refractivity contribution in [3.05, 3.63) is 95.3 Å². The van der Waals surface area contributed by atoms with Crippen molar-refractivity contribution in [1.29, 1.82) is 0 Å². The van der Waals surface area contributed by atoms with Crippen LogP contribution in [0, 0.1) is 12.7 Å². The van der Waals surface area contributed by atoms with Crippen molar-refractivity contribution in [2.75, 3.05) is 6.26 Å². The van der Waals surface area contributed by atoms with Crippen LogP contribution in [-0.2, 0) is 11.4 Å². The zero-order valence-electron chi connectivity index (χ0n) is 14.8. The van der Waals surface area contributed by atoms with Crippen LogP contribution in [-0.4, -0.2) is 11.3 Å². The van der Waals surface area contributed by atoms with Gasteiger partial charge < -0.3 is 4.84 Å². The first-order valence-electron chi connectivity index (χ1n) is 8.33. The summed E-state index contributed by atoms with van der Waals surface area (Å²) in [6, 6.07) is 22.8. The Labute approximate surface area is 157 Å². The minimum absolute atomic E-state index is 0.261. The highest BCUT2D eigenvalue weighted by atomic mass is 32.2. The first-order chi connectivity index (χ1) is 12.7. The van der Waals surface area contributed by atoms with E-state index < -0.39 is 0 Å². The van der Waals surface area contributed by atoms with Gasteiger partial charge in [-0.05, 0) is 59.7 Å². The lowest BCUT2D eigenvalue weighted by atomic mass is 9.97. The Kier molecular flexibility index (Phi) is 6.08. The van der Waals surface area contributed by atoms with Gasteiger partial charge in [0, 0.05) is 5.56 Å². The fourth-order valence-corrected chi connectivity index (χ4v) is 3.23. The van der Waals surface area contributed by atoms with Crippen molar-refractivity contribution in [3.8, 4) is 11.1 Å². The highest BCUT2D eigenvalue weighted by Gasteiger charge is 2.07. The lowest BCUT2D eigenvalue weighted by Gasteiger charge is -2.11. The van der Waals surface area contributed by atoms with Crippen LogP contribution in [0.4, 0.5) is 4.39 Å². The maximum atomic E-state index is 13.1. The number of nitrogens with zero attached hydrogens (tertiary/aromatic N) is 1. The Hall–Kier alpha value is -2.59. The van der Waals surface area contributed by atoms with E-state index in [-0.39, 0.29) is 5.82 Å². The van der Waals surface area contributed by atoms with E-state index in [1.165, 1.54) is 40.6 Å². The van der Waals surface area contributed by atoms with Gasteiger partial charge in [0.2, 0.25) is 0 Å². The van der Waals surface area contributed by atoms with Gasteiger partial charge >= 0.3 is 0 Å². The Bertz CT molecular complexity index is 892. The molecule has 4 heteroatoms. The molecule has 26 heavy (non-hydrogen) atoms. The van der Waals surface area contributed by atoms with Crippen LogP contribution in [0.2, 0.25) is 0 Å². The third-order valence-electron chi connectivity index (χ3n) is 4.18. The van der Waals surface area contributed by atoms with Gasteiger partial charge in [0.15, 0.2) is 0 Å². The van der Waals surface area contributed by atoms with Gasteiger partial charge in [-0.3, -0.25) is 0 Å². The van der Waals surface area contributed by atoms with E-state index >= 15 is 0 Å². The predicted molar refractivity (Wildman–Crippen MR) is 108 cm³/mol. The molecule has 0 atom stereocenters. The molecule has 0 spiro atoms. The van der Waals surface area contributed by atoms with Crippen LogP contribution in [0.5, 0.6) is 0 Å². The van der Waals surface area contributed by atoms with Crippen LogP contribution in [0.25, 0.3) is 11.1 Å². The van der Waals surface area contributed by atoms with Crippen molar-refractivity contribution in [2.24, 2.45) is 5.16 Å². The molecule has 0 bridgehead atoms. The Morgan fingerprint density at radius 2 is 1.69 bits per heavy atom. The van der Waals surface area contributed by atoms with Crippen LogP contribution < -0.4 is 0 Å². The Balaban J connectivity index is 1.76. The molecule has 3 aromatic rings. The average Bonchev–Trinajstić information content (AvgIpc) is 2.68. The summed E-state index contributed by atoms with van der Waals surface area (Å²) < 4.78 is 13.1. The molecule has 0 N–H and O–H groups in total. The summed E-state index contributed by atoms with van der Waals surface area (Å²) in [6.45, 7) is 2.48. The van der Waals surface area contributed by atoms with E-state index in [2.05, 4.69) is 30.3 Å². The van der Waals surface area contributed by atoms with Crippen LogP contribution in [0.15, 0.2) is 78.0 Å². The maximum Gasteiger partial charge on any atom is 0.142 e. The molecule has 0 fully saturated rings. The normalized spacial score (nSPS) is 11.4. The molecule has 0 amide bonds. The zero-order chi connectivity index (χ0) is 18.4. The predicted octanol–water partition coefficient (Wildman–Crippen LogP) is 6.04. The lowest BCUT2D eigenvalue weighted by molar-refractivity contribution is 0.131. The molecule has 0 saturated carbocycles. The van der Waals surface area contributed by atoms with Crippen LogP contribution >= 0.6 is 11.8 Å². The molecule has 132 valence electrons. The number of oxime groups is 1.